The lowest BCUT2D eigenvalue weighted by atomic mass is 9.79. The number of aliphatic hydroxyl groups is 1. The minimum absolute atomic E-state index is 0.0992. The van der Waals surface area contributed by atoms with Crippen molar-refractivity contribution in [1.82, 2.24) is 0 Å². The minimum Gasteiger partial charge on any atom is -0.388 e. The number of benzene rings is 2. The van der Waals surface area contributed by atoms with E-state index in [-0.39, 0.29) is 5.41 Å². The maximum absolute atomic E-state index is 10.6. The van der Waals surface area contributed by atoms with Crippen LogP contribution < -0.4 is 0 Å². The van der Waals surface area contributed by atoms with E-state index in [1.807, 2.05) is 6.07 Å². The van der Waals surface area contributed by atoms with Gasteiger partial charge in [-0.1, -0.05) is 57.2 Å². The molecule has 0 amide bonds. The van der Waals surface area contributed by atoms with Gasteiger partial charge in [0.2, 0.25) is 0 Å². The first kappa shape index (κ1) is 13.1. The van der Waals surface area contributed by atoms with Crippen molar-refractivity contribution in [3.05, 3.63) is 47.5 Å². The zero-order valence-electron chi connectivity index (χ0n) is 11.7. The third kappa shape index (κ3) is 2.15. The molecular weight excluding hydrogens is 220 g/mol. The van der Waals surface area contributed by atoms with Gasteiger partial charge in [0.05, 0.1) is 6.10 Å². The van der Waals surface area contributed by atoms with E-state index in [0.717, 1.165) is 12.0 Å². The first-order chi connectivity index (χ1) is 8.47. The van der Waals surface area contributed by atoms with Crippen LogP contribution in [0.4, 0.5) is 0 Å². The Kier molecular flexibility index (Phi) is 3.45. The van der Waals surface area contributed by atoms with Crippen molar-refractivity contribution in [2.45, 2.75) is 40.2 Å². The number of aliphatic hydroxyl groups excluding tert-OH is 1. The molecule has 18 heavy (non-hydrogen) atoms. The van der Waals surface area contributed by atoms with Crippen LogP contribution in [0, 0.1) is 12.3 Å². The van der Waals surface area contributed by atoms with E-state index in [2.05, 4.69) is 58.0 Å². The van der Waals surface area contributed by atoms with Gasteiger partial charge < -0.3 is 5.11 Å². The summed E-state index contributed by atoms with van der Waals surface area (Å²) in [6, 6.07) is 12.5. The zero-order valence-corrected chi connectivity index (χ0v) is 11.7. The predicted octanol–water partition coefficient (Wildman–Crippen LogP) is 4.62. The third-order valence-corrected chi connectivity index (χ3v) is 4.12. The monoisotopic (exact) mass is 242 g/mol. The molecule has 1 N–H and O–H groups in total. The fourth-order valence-corrected chi connectivity index (χ4v) is 2.33. The highest BCUT2D eigenvalue weighted by Crippen LogP contribution is 2.39. The Balaban J connectivity index is 2.62. The number of aryl methyl sites for hydroxylation is 1. The minimum atomic E-state index is -0.423. The Morgan fingerprint density at radius 2 is 1.67 bits per heavy atom. The van der Waals surface area contributed by atoms with Crippen LogP contribution in [0.3, 0.4) is 0 Å². The van der Waals surface area contributed by atoms with E-state index in [1.54, 1.807) is 0 Å². The molecule has 2 aromatic carbocycles. The van der Waals surface area contributed by atoms with Gasteiger partial charge in [0, 0.05) is 0 Å². The van der Waals surface area contributed by atoms with Gasteiger partial charge in [-0.2, -0.15) is 0 Å². The Morgan fingerprint density at radius 3 is 2.28 bits per heavy atom. The molecule has 0 bridgehead atoms. The maximum Gasteiger partial charge on any atom is 0.0846 e. The van der Waals surface area contributed by atoms with Gasteiger partial charge in [0.1, 0.15) is 0 Å². The Morgan fingerprint density at radius 1 is 1.06 bits per heavy atom. The SMILES string of the molecule is CCC(C)(C)C(O)c1ccc(C)c2ccccc12. The lowest BCUT2D eigenvalue weighted by Gasteiger charge is -2.30. The van der Waals surface area contributed by atoms with E-state index >= 15 is 0 Å². The molecule has 0 aliphatic rings. The molecule has 0 spiro atoms. The molecule has 0 aliphatic heterocycles. The molecule has 1 atom stereocenters. The van der Waals surface area contributed by atoms with Crippen LogP contribution in [-0.4, -0.2) is 5.11 Å². The van der Waals surface area contributed by atoms with E-state index in [4.69, 9.17) is 0 Å². The van der Waals surface area contributed by atoms with Crippen LogP contribution in [0.2, 0.25) is 0 Å². The molecule has 2 rings (SSSR count). The quantitative estimate of drug-likeness (QED) is 0.832. The molecule has 2 aromatic rings. The largest absolute Gasteiger partial charge is 0.388 e. The summed E-state index contributed by atoms with van der Waals surface area (Å²) in [5, 5.41) is 13.0. The van der Waals surface area contributed by atoms with E-state index in [9.17, 15) is 5.11 Å². The highest BCUT2D eigenvalue weighted by atomic mass is 16.3. The number of hydrogen-bond donors (Lipinski definition) is 1. The van der Waals surface area contributed by atoms with Crippen LogP contribution >= 0.6 is 0 Å². The fraction of sp³-hybridized carbons (Fsp3) is 0.412. The topological polar surface area (TPSA) is 20.2 Å². The molecule has 0 saturated heterocycles. The summed E-state index contributed by atoms with van der Waals surface area (Å²) in [6.07, 6.45) is 0.532. The van der Waals surface area contributed by atoms with Gasteiger partial charge in [-0.15, -0.1) is 0 Å². The van der Waals surface area contributed by atoms with Gasteiger partial charge in [-0.05, 0) is 40.7 Å². The van der Waals surface area contributed by atoms with Gasteiger partial charge >= 0.3 is 0 Å². The molecule has 0 aromatic heterocycles. The predicted molar refractivity (Wildman–Crippen MR) is 77.7 cm³/mol. The summed E-state index contributed by atoms with van der Waals surface area (Å²) >= 11 is 0. The molecule has 0 fully saturated rings. The van der Waals surface area contributed by atoms with E-state index in [0.29, 0.717) is 0 Å². The first-order valence-corrected chi connectivity index (χ1v) is 6.63. The van der Waals surface area contributed by atoms with Crippen molar-refractivity contribution in [1.29, 1.82) is 0 Å². The van der Waals surface area contributed by atoms with Crippen molar-refractivity contribution in [3.63, 3.8) is 0 Å². The molecule has 1 unspecified atom stereocenters. The Hall–Kier alpha value is -1.34. The highest BCUT2D eigenvalue weighted by molar-refractivity contribution is 5.88. The Bertz CT molecular complexity index is 555. The molecule has 0 radical (unpaired) electrons. The smallest absolute Gasteiger partial charge is 0.0846 e. The second-order valence-electron chi connectivity index (χ2n) is 5.76. The van der Waals surface area contributed by atoms with Crippen LogP contribution in [0.15, 0.2) is 36.4 Å². The normalized spacial score (nSPS) is 13.8. The summed E-state index contributed by atoms with van der Waals surface area (Å²) in [5.41, 5.74) is 2.21. The van der Waals surface area contributed by atoms with Crippen LogP contribution in [0.5, 0.6) is 0 Å². The highest BCUT2D eigenvalue weighted by Gasteiger charge is 2.28. The third-order valence-electron chi connectivity index (χ3n) is 4.12. The lowest BCUT2D eigenvalue weighted by molar-refractivity contribution is 0.0477. The number of rotatable bonds is 3. The van der Waals surface area contributed by atoms with Crippen molar-refractivity contribution in [2.75, 3.05) is 0 Å². The fourth-order valence-electron chi connectivity index (χ4n) is 2.33. The van der Waals surface area contributed by atoms with Crippen LogP contribution in [0.1, 0.15) is 44.4 Å². The van der Waals surface area contributed by atoms with Gasteiger partial charge in [-0.25, -0.2) is 0 Å². The average Bonchev–Trinajstić information content (AvgIpc) is 2.39. The van der Waals surface area contributed by atoms with Gasteiger partial charge in [0.15, 0.2) is 0 Å². The second kappa shape index (κ2) is 4.74. The molecule has 0 aliphatic carbocycles. The number of hydrogen-bond acceptors (Lipinski definition) is 1. The standard InChI is InChI=1S/C17H22O/c1-5-17(3,4)16(18)15-11-10-12(2)13-8-6-7-9-14(13)15/h6-11,16,18H,5H2,1-4H3. The Labute approximate surface area is 109 Å². The zero-order chi connectivity index (χ0) is 13.3. The molecule has 1 heteroatoms. The lowest BCUT2D eigenvalue weighted by Crippen LogP contribution is -2.21. The summed E-state index contributed by atoms with van der Waals surface area (Å²) in [5.74, 6) is 0. The maximum atomic E-state index is 10.6. The summed E-state index contributed by atoms with van der Waals surface area (Å²) in [4.78, 5) is 0. The number of fused-ring (bicyclic) bond motifs is 1. The van der Waals surface area contributed by atoms with Crippen molar-refractivity contribution >= 4 is 10.8 Å². The summed E-state index contributed by atoms with van der Waals surface area (Å²) < 4.78 is 0. The molecule has 0 saturated carbocycles. The van der Waals surface area contributed by atoms with Gasteiger partial charge in [0.25, 0.3) is 0 Å². The van der Waals surface area contributed by atoms with Crippen LogP contribution in [0.25, 0.3) is 10.8 Å². The average molecular weight is 242 g/mol. The van der Waals surface area contributed by atoms with E-state index in [1.165, 1.54) is 16.3 Å². The molecule has 96 valence electrons. The van der Waals surface area contributed by atoms with Crippen LogP contribution in [-0.2, 0) is 0 Å². The van der Waals surface area contributed by atoms with Crippen molar-refractivity contribution in [2.24, 2.45) is 5.41 Å². The summed E-state index contributed by atoms with van der Waals surface area (Å²) in [7, 11) is 0. The second-order valence-corrected chi connectivity index (χ2v) is 5.76. The molecule has 1 nitrogen and oxygen atoms in total. The molecule has 0 heterocycles. The molecular formula is C17H22O. The van der Waals surface area contributed by atoms with E-state index < -0.39 is 6.10 Å². The van der Waals surface area contributed by atoms with Crippen molar-refractivity contribution in [3.8, 4) is 0 Å². The van der Waals surface area contributed by atoms with Gasteiger partial charge in [-0.3, -0.25) is 0 Å². The summed E-state index contributed by atoms with van der Waals surface area (Å²) in [6.45, 7) is 8.47. The van der Waals surface area contributed by atoms with Crippen molar-refractivity contribution < 1.29 is 5.11 Å². The first-order valence-electron chi connectivity index (χ1n) is 6.63.